The van der Waals surface area contributed by atoms with E-state index in [9.17, 15) is 22.8 Å². The fourth-order valence-electron chi connectivity index (χ4n) is 2.63. The van der Waals surface area contributed by atoms with Gasteiger partial charge in [-0.15, -0.1) is 0 Å². The number of nitrogens with zero attached hydrogens (tertiary/aromatic N) is 2. The van der Waals surface area contributed by atoms with Crippen LogP contribution in [0.25, 0.3) is 0 Å². The summed E-state index contributed by atoms with van der Waals surface area (Å²) >= 11 is 6.80. The molecule has 0 spiro atoms. The van der Waals surface area contributed by atoms with E-state index in [-0.39, 0.29) is 29.4 Å². The van der Waals surface area contributed by atoms with Crippen molar-refractivity contribution >= 4 is 46.0 Å². The summed E-state index contributed by atoms with van der Waals surface area (Å²) in [5.41, 5.74) is -1.43. The van der Waals surface area contributed by atoms with Gasteiger partial charge in [-0.1, -0.05) is 23.4 Å². The molecule has 2 amide bonds. The lowest BCUT2D eigenvalue weighted by atomic mass is 10.1. The average Bonchev–Trinajstić information content (AvgIpc) is 2.82. The molecule has 1 aliphatic heterocycles. The highest BCUT2D eigenvalue weighted by Crippen LogP contribution is 2.37. The number of carbonyl (C=O) groups is 2. The summed E-state index contributed by atoms with van der Waals surface area (Å²) in [5, 5.41) is 1.95. The highest BCUT2D eigenvalue weighted by atomic mass is 35.5. The quantitative estimate of drug-likeness (QED) is 0.722. The Hall–Kier alpha value is -1.74. The van der Waals surface area contributed by atoms with E-state index in [1.807, 2.05) is 27.7 Å². The van der Waals surface area contributed by atoms with E-state index in [0.29, 0.717) is 5.17 Å². The fraction of sp³-hybridized carbons (Fsp3) is 0.500. The normalized spacial score (nSPS) is 19.2. The highest BCUT2D eigenvalue weighted by molar-refractivity contribution is 8.15. The molecule has 1 fully saturated rings. The van der Waals surface area contributed by atoms with Gasteiger partial charge in [-0.25, -0.2) is 0 Å². The maximum absolute atomic E-state index is 13.2. The number of anilines is 1. The third-order valence-corrected chi connectivity index (χ3v) is 5.18. The fourth-order valence-corrected chi connectivity index (χ4v) is 4.19. The summed E-state index contributed by atoms with van der Waals surface area (Å²) < 4.78 is 39.5. The molecule has 0 bridgehead atoms. The minimum atomic E-state index is -4.67. The average molecular weight is 436 g/mol. The first-order valence-corrected chi connectivity index (χ1v) is 9.90. The second-order valence-electron chi connectivity index (χ2n) is 6.85. The molecule has 1 aromatic carbocycles. The van der Waals surface area contributed by atoms with E-state index in [0.717, 1.165) is 23.9 Å². The SMILES string of the molecule is CC(C)N=C1SC(CC(=O)Nc2ccc(Cl)cc2C(F)(F)F)C(=O)N1C(C)C. The van der Waals surface area contributed by atoms with Gasteiger partial charge in [0.15, 0.2) is 5.17 Å². The van der Waals surface area contributed by atoms with Gasteiger partial charge in [0.1, 0.15) is 5.25 Å². The van der Waals surface area contributed by atoms with Crippen LogP contribution in [0.15, 0.2) is 23.2 Å². The standard InChI is InChI=1S/C18H21ClF3N3O2S/c1-9(2)23-17-25(10(3)4)16(27)14(28-17)8-15(26)24-13-6-5-11(19)7-12(13)18(20,21)22/h5-7,9-10,14H,8H2,1-4H3,(H,24,26). The highest BCUT2D eigenvalue weighted by Gasteiger charge is 2.41. The molecule has 1 aliphatic rings. The van der Waals surface area contributed by atoms with Crippen molar-refractivity contribution in [3.63, 3.8) is 0 Å². The number of alkyl halides is 3. The molecule has 1 saturated heterocycles. The van der Waals surface area contributed by atoms with Crippen molar-refractivity contribution in [1.29, 1.82) is 0 Å². The molecule has 1 N–H and O–H groups in total. The molecule has 10 heteroatoms. The Kier molecular flexibility index (Phi) is 7.03. The number of amidine groups is 1. The monoisotopic (exact) mass is 435 g/mol. The zero-order valence-corrected chi connectivity index (χ0v) is 17.4. The lowest BCUT2D eigenvalue weighted by molar-refractivity contribution is -0.137. The molecule has 0 aromatic heterocycles. The van der Waals surface area contributed by atoms with Crippen LogP contribution in [-0.2, 0) is 15.8 Å². The molecule has 2 rings (SSSR count). The molecule has 0 saturated carbocycles. The van der Waals surface area contributed by atoms with Crippen molar-refractivity contribution in [3.05, 3.63) is 28.8 Å². The van der Waals surface area contributed by atoms with Gasteiger partial charge >= 0.3 is 6.18 Å². The number of amides is 2. The van der Waals surface area contributed by atoms with Crippen LogP contribution in [0, 0.1) is 0 Å². The van der Waals surface area contributed by atoms with E-state index in [2.05, 4.69) is 10.3 Å². The number of nitrogens with one attached hydrogen (secondary N) is 1. The lowest BCUT2D eigenvalue weighted by Crippen LogP contribution is -2.38. The van der Waals surface area contributed by atoms with Crippen LogP contribution in [0.5, 0.6) is 0 Å². The molecule has 5 nitrogen and oxygen atoms in total. The van der Waals surface area contributed by atoms with Crippen molar-refractivity contribution in [2.45, 2.75) is 57.6 Å². The maximum Gasteiger partial charge on any atom is 0.418 e. The summed E-state index contributed by atoms with van der Waals surface area (Å²) in [6, 6.07) is 2.93. The third kappa shape index (κ3) is 5.41. The number of hydrogen-bond acceptors (Lipinski definition) is 4. The summed E-state index contributed by atoms with van der Waals surface area (Å²) in [6.45, 7) is 7.41. The predicted molar refractivity (Wildman–Crippen MR) is 106 cm³/mol. The number of benzene rings is 1. The van der Waals surface area contributed by atoms with E-state index < -0.39 is 28.6 Å². The van der Waals surface area contributed by atoms with Crippen molar-refractivity contribution < 1.29 is 22.8 Å². The zero-order chi connectivity index (χ0) is 21.2. The van der Waals surface area contributed by atoms with E-state index in [4.69, 9.17) is 11.6 Å². The zero-order valence-electron chi connectivity index (χ0n) is 15.8. The second-order valence-corrected chi connectivity index (χ2v) is 8.46. The van der Waals surface area contributed by atoms with Crippen LogP contribution in [0.3, 0.4) is 0 Å². The van der Waals surface area contributed by atoms with Crippen molar-refractivity contribution in [1.82, 2.24) is 4.90 Å². The van der Waals surface area contributed by atoms with Gasteiger partial charge in [0.05, 0.1) is 11.3 Å². The molecule has 1 unspecified atom stereocenters. The number of aliphatic imine (C=N–C) groups is 1. The summed E-state index contributed by atoms with van der Waals surface area (Å²) in [4.78, 5) is 30.9. The van der Waals surface area contributed by atoms with E-state index in [1.54, 1.807) is 0 Å². The van der Waals surface area contributed by atoms with Gasteiger partial charge < -0.3 is 5.32 Å². The first-order chi connectivity index (χ1) is 12.9. The molecule has 28 heavy (non-hydrogen) atoms. The Morgan fingerprint density at radius 3 is 2.50 bits per heavy atom. The number of thioether (sulfide) groups is 1. The van der Waals surface area contributed by atoms with Crippen LogP contribution in [0.2, 0.25) is 5.02 Å². The van der Waals surface area contributed by atoms with Crippen LogP contribution >= 0.6 is 23.4 Å². The third-order valence-electron chi connectivity index (χ3n) is 3.78. The summed E-state index contributed by atoms with van der Waals surface area (Å²) in [6.07, 6.45) is -4.93. The van der Waals surface area contributed by atoms with Gasteiger partial charge in [-0.05, 0) is 45.9 Å². The largest absolute Gasteiger partial charge is 0.418 e. The number of rotatable bonds is 5. The summed E-state index contributed by atoms with van der Waals surface area (Å²) in [7, 11) is 0. The lowest BCUT2D eigenvalue weighted by Gasteiger charge is -2.21. The Bertz CT molecular complexity index is 797. The molecular weight excluding hydrogens is 415 g/mol. The molecule has 1 aromatic rings. The van der Waals surface area contributed by atoms with Gasteiger partial charge in [0.25, 0.3) is 0 Å². The van der Waals surface area contributed by atoms with Crippen LogP contribution < -0.4 is 5.32 Å². The first-order valence-electron chi connectivity index (χ1n) is 8.64. The van der Waals surface area contributed by atoms with E-state index >= 15 is 0 Å². The molecule has 154 valence electrons. The van der Waals surface area contributed by atoms with Gasteiger partial charge in [0.2, 0.25) is 11.8 Å². The molecular formula is C18H21ClF3N3O2S. The van der Waals surface area contributed by atoms with Crippen LogP contribution in [-0.4, -0.2) is 39.2 Å². The molecule has 1 heterocycles. The van der Waals surface area contributed by atoms with E-state index in [1.165, 1.54) is 11.0 Å². The Labute approximate surface area is 170 Å². The predicted octanol–water partition coefficient (Wildman–Crippen LogP) is 4.80. The summed E-state index contributed by atoms with van der Waals surface area (Å²) in [5.74, 6) is -0.963. The van der Waals surface area contributed by atoms with Crippen LogP contribution in [0.1, 0.15) is 39.7 Å². The van der Waals surface area contributed by atoms with Crippen LogP contribution in [0.4, 0.5) is 18.9 Å². The minimum Gasteiger partial charge on any atom is -0.325 e. The Balaban J connectivity index is 2.17. The van der Waals surface area contributed by atoms with Crippen molar-refractivity contribution in [3.8, 4) is 0 Å². The minimum absolute atomic E-state index is 0.0347. The topological polar surface area (TPSA) is 61.8 Å². The number of halogens is 4. The maximum atomic E-state index is 13.2. The first kappa shape index (κ1) is 22.5. The van der Waals surface area contributed by atoms with Gasteiger partial charge in [-0.2, -0.15) is 13.2 Å². The van der Waals surface area contributed by atoms with Gasteiger partial charge in [-0.3, -0.25) is 19.5 Å². The molecule has 0 radical (unpaired) electrons. The molecule has 0 aliphatic carbocycles. The van der Waals surface area contributed by atoms with Gasteiger partial charge in [0, 0.05) is 23.5 Å². The number of hydrogen-bond donors (Lipinski definition) is 1. The Morgan fingerprint density at radius 2 is 1.96 bits per heavy atom. The molecule has 1 atom stereocenters. The second kappa shape index (κ2) is 8.73. The number of carbonyl (C=O) groups excluding carboxylic acids is 2. The van der Waals surface area contributed by atoms with Crippen molar-refractivity contribution in [2.75, 3.05) is 5.32 Å². The smallest absolute Gasteiger partial charge is 0.325 e. The van der Waals surface area contributed by atoms with Crippen molar-refractivity contribution in [2.24, 2.45) is 4.99 Å². The Morgan fingerprint density at radius 1 is 1.32 bits per heavy atom.